The molecule has 0 unspecified atom stereocenters. The van der Waals surface area contributed by atoms with Crippen LogP contribution in [0.15, 0.2) is 0 Å². The molecule has 2 rings (SSSR count). The fourth-order valence-electron chi connectivity index (χ4n) is 2.26. The lowest BCUT2D eigenvalue weighted by Crippen LogP contribution is -2.52. The molecule has 0 heterocycles. The van der Waals surface area contributed by atoms with E-state index in [1.165, 1.54) is 38.5 Å². The molecule has 2 fully saturated rings. The normalized spacial score (nSPS) is 28.2. The number of rotatable bonds is 5. The molecule has 2 aliphatic rings. The van der Waals surface area contributed by atoms with Crippen molar-refractivity contribution >= 4 is 0 Å². The highest BCUT2D eigenvalue weighted by Gasteiger charge is 2.44. The molecule has 2 nitrogen and oxygen atoms in total. The molecule has 0 aromatic carbocycles. The maximum atomic E-state index is 5.76. The zero-order valence-electron chi connectivity index (χ0n) is 8.73. The van der Waals surface area contributed by atoms with Gasteiger partial charge >= 0.3 is 0 Å². The van der Waals surface area contributed by atoms with Gasteiger partial charge < -0.3 is 11.1 Å². The summed E-state index contributed by atoms with van der Waals surface area (Å²) in [5.74, 6) is 0. The molecule has 2 heteroatoms. The molecule has 76 valence electrons. The molecule has 0 amide bonds. The van der Waals surface area contributed by atoms with Crippen LogP contribution in [0, 0.1) is 5.41 Å². The summed E-state index contributed by atoms with van der Waals surface area (Å²) in [6.45, 7) is 4.34. The van der Waals surface area contributed by atoms with E-state index in [1.54, 1.807) is 0 Å². The van der Waals surface area contributed by atoms with Crippen molar-refractivity contribution in [2.24, 2.45) is 11.1 Å². The molecule has 0 atom stereocenters. The molecule has 0 aliphatic heterocycles. The van der Waals surface area contributed by atoms with E-state index < -0.39 is 0 Å². The van der Waals surface area contributed by atoms with E-state index in [0.29, 0.717) is 11.0 Å². The molecular formula is C11H22N2. The van der Waals surface area contributed by atoms with Crippen molar-refractivity contribution in [1.82, 2.24) is 5.32 Å². The second-order valence-corrected chi connectivity index (χ2v) is 5.05. The minimum Gasteiger partial charge on any atom is -0.330 e. The highest BCUT2D eigenvalue weighted by Crippen LogP contribution is 2.45. The highest BCUT2D eigenvalue weighted by molar-refractivity contribution is 5.01. The first kappa shape index (κ1) is 9.47. The Morgan fingerprint density at radius 1 is 1.23 bits per heavy atom. The molecule has 2 aliphatic carbocycles. The van der Waals surface area contributed by atoms with Crippen molar-refractivity contribution in [2.45, 2.75) is 51.0 Å². The van der Waals surface area contributed by atoms with E-state index in [-0.39, 0.29) is 0 Å². The Bertz CT molecular complexity index is 175. The van der Waals surface area contributed by atoms with E-state index in [9.17, 15) is 0 Å². The van der Waals surface area contributed by atoms with Crippen molar-refractivity contribution in [3.8, 4) is 0 Å². The topological polar surface area (TPSA) is 38.0 Å². The van der Waals surface area contributed by atoms with Crippen LogP contribution in [0.5, 0.6) is 0 Å². The van der Waals surface area contributed by atoms with E-state index >= 15 is 0 Å². The van der Waals surface area contributed by atoms with Crippen LogP contribution in [-0.4, -0.2) is 18.6 Å². The lowest BCUT2D eigenvalue weighted by Gasteiger charge is -2.43. The van der Waals surface area contributed by atoms with Gasteiger partial charge in [0.05, 0.1) is 0 Å². The molecule has 0 radical (unpaired) electrons. The van der Waals surface area contributed by atoms with Crippen LogP contribution >= 0.6 is 0 Å². The van der Waals surface area contributed by atoms with Crippen molar-refractivity contribution in [3.05, 3.63) is 0 Å². The summed E-state index contributed by atoms with van der Waals surface area (Å²) in [5.41, 5.74) is 6.76. The van der Waals surface area contributed by atoms with Gasteiger partial charge in [0, 0.05) is 12.1 Å². The highest BCUT2D eigenvalue weighted by atomic mass is 15.0. The van der Waals surface area contributed by atoms with Crippen LogP contribution in [0.25, 0.3) is 0 Å². The van der Waals surface area contributed by atoms with Crippen LogP contribution in [0.2, 0.25) is 0 Å². The average Bonchev–Trinajstić information content (AvgIpc) is 2.85. The average molecular weight is 182 g/mol. The molecule has 3 N–H and O–H groups in total. The van der Waals surface area contributed by atoms with E-state index in [2.05, 4.69) is 12.2 Å². The Kier molecular flexibility index (Phi) is 2.37. The number of hydrogen-bond acceptors (Lipinski definition) is 2. The van der Waals surface area contributed by atoms with Crippen molar-refractivity contribution in [2.75, 3.05) is 13.1 Å². The Morgan fingerprint density at radius 3 is 2.23 bits per heavy atom. The molecular weight excluding hydrogens is 160 g/mol. The van der Waals surface area contributed by atoms with Gasteiger partial charge in [-0.25, -0.2) is 0 Å². The third-order valence-electron chi connectivity index (χ3n) is 4.22. The zero-order chi connectivity index (χ0) is 9.36. The van der Waals surface area contributed by atoms with Crippen LogP contribution in [-0.2, 0) is 0 Å². The van der Waals surface area contributed by atoms with Gasteiger partial charge in [-0.15, -0.1) is 0 Å². The lowest BCUT2D eigenvalue weighted by atomic mass is 9.74. The minimum atomic E-state index is 0.498. The summed E-state index contributed by atoms with van der Waals surface area (Å²) in [7, 11) is 0. The molecule has 0 saturated heterocycles. The van der Waals surface area contributed by atoms with Crippen LogP contribution in [0.4, 0.5) is 0 Å². The fraction of sp³-hybridized carbons (Fsp3) is 1.00. The zero-order valence-corrected chi connectivity index (χ0v) is 8.73. The largest absolute Gasteiger partial charge is 0.330 e. The maximum absolute atomic E-state index is 5.76. The predicted octanol–water partition coefficient (Wildman–Crippen LogP) is 1.65. The number of hydrogen-bond donors (Lipinski definition) is 2. The van der Waals surface area contributed by atoms with E-state index in [0.717, 1.165) is 13.1 Å². The second kappa shape index (κ2) is 3.25. The monoisotopic (exact) mass is 182 g/mol. The first-order valence-electron chi connectivity index (χ1n) is 5.69. The van der Waals surface area contributed by atoms with Gasteiger partial charge in [-0.1, -0.05) is 6.92 Å². The Balaban J connectivity index is 1.78. The lowest BCUT2D eigenvalue weighted by molar-refractivity contribution is 0.166. The van der Waals surface area contributed by atoms with Crippen LogP contribution < -0.4 is 11.1 Å². The number of nitrogens with two attached hydrogens (primary N) is 1. The summed E-state index contributed by atoms with van der Waals surface area (Å²) in [6.07, 6.45) is 8.14. The molecule has 0 aromatic heterocycles. The maximum Gasteiger partial charge on any atom is 0.0179 e. The van der Waals surface area contributed by atoms with Gasteiger partial charge in [0.1, 0.15) is 0 Å². The van der Waals surface area contributed by atoms with Gasteiger partial charge in [0.2, 0.25) is 0 Å². The molecule has 0 spiro atoms. The Labute approximate surface area is 81.3 Å². The molecule has 2 saturated carbocycles. The van der Waals surface area contributed by atoms with Gasteiger partial charge in [-0.05, 0) is 50.5 Å². The Hall–Kier alpha value is -0.0800. The summed E-state index contributed by atoms with van der Waals surface area (Å²) >= 11 is 0. The first-order chi connectivity index (χ1) is 6.24. The summed E-state index contributed by atoms with van der Waals surface area (Å²) in [6, 6.07) is 0. The molecule has 0 aromatic rings. The standard InChI is InChI=1S/C11H22N2/c1-2-11(4-3-5-11)13-9-10(8-12)6-7-10/h13H,2-9,12H2,1H3. The van der Waals surface area contributed by atoms with Crippen molar-refractivity contribution < 1.29 is 0 Å². The molecule has 0 bridgehead atoms. The fourth-order valence-corrected chi connectivity index (χ4v) is 2.26. The van der Waals surface area contributed by atoms with Crippen molar-refractivity contribution in [1.29, 1.82) is 0 Å². The summed E-state index contributed by atoms with van der Waals surface area (Å²) < 4.78 is 0. The first-order valence-corrected chi connectivity index (χ1v) is 5.69. The third kappa shape index (κ3) is 1.75. The Morgan fingerprint density at radius 2 is 1.92 bits per heavy atom. The van der Waals surface area contributed by atoms with Crippen LogP contribution in [0.3, 0.4) is 0 Å². The quantitative estimate of drug-likeness (QED) is 0.678. The summed E-state index contributed by atoms with van der Waals surface area (Å²) in [5, 5.41) is 3.76. The SMILES string of the molecule is CCC1(NCC2(CN)CC2)CCC1. The van der Waals surface area contributed by atoms with E-state index in [4.69, 9.17) is 5.73 Å². The van der Waals surface area contributed by atoms with Gasteiger partial charge in [0.15, 0.2) is 0 Å². The number of nitrogens with one attached hydrogen (secondary N) is 1. The smallest absolute Gasteiger partial charge is 0.0179 e. The van der Waals surface area contributed by atoms with Crippen molar-refractivity contribution in [3.63, 3.8) is 0 Å². The van der Waals surface area contributed by atoms with Gasteiger partial charge in [-0.2, -0.15) is 0 Å². The van der Waals surface area contributed by atoms with Gasteiger partial charge in [-0.3, -0.25) is 0 Å². The molecule has 13 heavy (non-hydrogen) atoms. The van der Waals surface area contributed by atoms with Gasteiger partial charge in [0.25, 0.3) is 0 Å². The van der Waals surface area contributed by atoms with E-state index in [1.807, 2.05) is 0 Å². The minimum absolute atomic E-state index is 0.498. The van der Waals surface area contributed by atoms with Crippen LogP contribution in [0.1, 0.15) is 45.4 Å². The predicted molar refractivity (Wildman–Crippen MR) is 55.6 cm³/mol. The summed E-state index contributed by atoms with van der Waals surface area (Å²) in [4.78, 5) is 0. The third-order valence-corrected chi connectivity index (χ3v) is 4.22. The second-order valence-electron chi connectivity index (χ2n) is 5.05.